The predicted molar refractivity (Wildman–Crippen MR) is 147 cm³/mol. The molecular formula is C28H30N4O4S. The van der Waals surface area contributed by atoms with Gasteiger partial charge in [-0.1, -0.05) is 29.5 Å². The average molecular weight is 519 g/mol. The molecule has 0 bridgehead atoms. The number of carbonyl (C=O) groups is 2. The lowest BCUT2D eigenvalue weighted by atomic mass is 10.2. The van der Waals surface area contributed by atoms with Gasteiger partial charge in [-0.2, -0.15) is 0 Å². The van der Waals surface area contributed by atoms with Gasteiger partial charge in [0.25, 0.3) is 5.24 Å². The van der Waals surface area contributed by atoms with Crippen molar-refractivity contribution in [2.75, 3.05) is 11.1 Å². The van der Waals surface area contributed by atoms with Crippen LogP contribution in [-0.4, -0.2) is 32.5 Å². The lowest BCUT2D eigenvalue weighted by Crippen LogP contribution is -2.18. The molecular weight excluding hydrogens is 488 g/mol. The standard InChI is InChI=1S/C25H27N3O2.C3H3NO2S/c1-17(2)26-19-7-11-21(12-8-19)30-22-13-14-23-24(15-22)28(4)25(27-23)16-29-20-9-5-18(3)6-10-20;5-2-1-7-3(6)4-2/h5-15,17,26H,16H2,1-4H3;1H2,(H,4,5,6). The Morgan fingerprint density at radius 1 is 1.00 bits per heavy atom. The zero-order valence-corrected chi connectivity index (χ0v) is 22.1. The lowest BCUT2D eigenvalue weighted by molar-refractivity contribution is -0.117. The van der Waals surface area contributed by atoms with Crippen LogP contribution in [0.5, 0.6) is 17.2 Å². The number of hydrogen-bond acceptors (Lipinski definition) is 7. The zero-order valence-electron chi connectivity index (χ0n) is 21.3. The summed E-state index contributed by atoms with van der Waals surface area (Å²) in [6.45, 7) is 6.71. The Bertz CT molecular complexity index is 1370. The maximum atomic E-state index is 10.1. The van der Waals surface area contributed by atoms with Gasteiger partial charge in [0.2, 0.25) is 5.91 Å². The van der Waals surface area contributed by atoms with Crippen molar-refractivity contribution >= 4 is 39.6 Å². The van der Waals surface area contributed by atoms with Crippen LogP contribution in [0.15, 0.2) is 66.7 Å². The maximum absolute atomic E-state index is 10.1. The first-order valence-electron chi connectivity index (χ1n) is 11.9. The summed E-state index contributed by atoms with van der Waals surface area (Å²) in [4.78, 5) is 24.9. The summed E-state index contributed by atoms with van der Waals surface area (Å²) in [7, 11) is 2.00. The molecule has 1 fully saturated rings. The van der Waals surface area contributed by atoms with Crippen molar-refractivity contribution in [3.05, 3.63) is 78.1 Å². The molecule has 1 saturated heterocycles. The Kier molecular flexibility index (Phi) is 8.35. The van der Waals surface area contributed by atoms with Crippen molar-refractivity contribution < 1.29 is 19.1 Å². The third-order valence-corrected chi connectivity index (χ3v) is 6.23. The third-order valence-electron chi connectivity index (χ3n) is 5.46. The quantitative estimate of drug-likeness (QED) is 0.308. The first kappa shape index (κ1) is 26.1. The number of aryl methyl sites for hydroxylation is 2. The van der Waals surface area contributed by atoms with E-state index < -0.39 is 0 Å². The number of carbonyl (C=O) groups excluding carboxylic acids is 2. The van der Waals surface area contributed by atoms with E-state index in [1.807, 2.05) is 78.3 Å². The molecule has 2 N–H and O–H groups in total. The van der Waals surface area contributed by atoms with Gasteiger partial charge in [-0.3, -0.25) is 14.9 Å². The number of benzene rings is 3. The molecule has 0 aliphatic carbocycles. The SMILES string of the molecule is Cc1ccc(OCc2nc3ccc(Oc4ccc(NC(C)C)cc4)cc3n2C)cc1.O=C1CSC(=O)N1. The molecule has 4 aromatic rings. The number of rotatable bonds is 7. The van der Waals surface area contributed by atoms with Crippen LogP contribution < -0.4 is 20.1 Å². The van der Waals surface area contributed by atoms with Crippen molar-refractivity contribution in [3.63, 3.8) is 0 Å². The number of anilines is 1. The molecule has 3 aromatic carbocycles. The molecule has 1 aromatic heterocycles. The van der Waals surface area contributed by atoms with E-state index in [9.17, 15) is 9.59 Å². The van der Waals surface area contributed by atoms with Crippen LogP contribution in [0.3, 0.4) is 0 Å². The minimum absolute atomic E-state index is 0.185. The second-order valence-corrected chi connectivity index (χ2v) is 9.84. The van der Waals surface area contributed by atoms with Gasteiger partial charge in [-0.25, -0.2) is 4.98 Å². The van der Waals surface area contributed by atoms with Crippen LogP contribution >= 0.6 is 11.8 Å². The molecule has 0 unspecified atom stereocenters. The topological polar surface area (TPSA) is 94.5 Å². The van der Waals surface area contributed by atoms with E-state index in [-0.39, 0.29) is 11.1 Å². The van der Waals surface area contributed by atoms with Crippen molar-refractivity contribution in [1.29, 1.82) is 0 Å². The second kappa shape index (κ2) is 11.8. The number of hydrogen-bond donors (Lipinski definition) is 2. The first-order chi connectivity index (χ1) is 17.8. The number of thioether (sulfide) groups is 1. The molecule has 9 heteroatoms. The number of nitrogens with zero attached hydrogens (tertiary/aromatic N) is 2. The summed E-state index contributed by atoms with van der Waals surface area (Å²) >= 11 is 1.01. The van der Waals surface area contributed by atoms with Crippen LogP contribution in [0.1, 0.15) is 25.2 Å². The Morgan fingerprint density at radius 2 is 1.68 bits per heavy atom. The van der Waals surface area contributed by atoms with Gasteiger partial charge in [0, 0.05) is 24.8 Å². The zero-order chi connectivity index (χ0) is 26.4. The monoisotopic (exact) mass is 518 g/mol. The van der Waals surface area contributed by atoms with Crippen molar-refractivity contribution in [1.82, 2.24) is 14.9 Å². The molecule has 5 rings (SSSR count). The van der Waals surface area contributed by atoms with Gasteiger partial charge in [-0.15, -0.1) is 0 Å². The molecule has 2 amide bonds. The highest BCUT2D eigenvalue weighted by Gasteiger charge is 2.16. The Morgan fingerprint density at radius 3 is 2.27 bits per heavy atom. The van der Waals surface area contributed by atoms with Crippen molar-refractivity contribution in [2.45, 2.75) is 33.4 Å². The highest BCUT2D eigenvalue weighted by Crippen LogP contribution is 2.27. The molecule has 8 nitrogen and oxygen atoms in total. The second-order valence-electron chi connectivity index (χ2n) is 8.89. The number of imide groups is 1. The van der Waals surface area contributed by atoms with Crippen LogP contribution in [0, 0.1) is 6.92 Å². The molecule has 2 heterocycles. The lowest BCUT2D eigenvalue weighted by Gasteiger charge is -2.11. The van der Waals surface area contributed by atoms with Crippen molar-refractivity contribution in [3.8, 4) is 17.2 Å². The number of nitrogens with one attached hydrogen (secondary N) is 2. The van der Waals surface area contributed by atoms with Gasteiger partial charge >= 0.3 is 0 Å². The molecule has 192 valence electrons. The van der Waals surface area contributed by atoms with Crippen LogP contribution in [0.4, 0.5) is 10.5 Å². The molecule has 0 saturated carbocycles. The van der Waals surface area contributed by atoms with Gasteiger partial charge in [-0.05, 0) is 69.3 Å². The molecule has 0 radical (unpaired) electrons. The summed E-state index contributed by atoms with van der Waals surface area (Å²) in [6.07, 6.45) is 0. The number of fused-ring (bicyclic) bond motifs is 1. The summed E-state index contributed by atoms with van der Waals surface area (Å²) in [5.41, 5.74) is 4.22. The molecule has 0 atom stereocenters. The highest BCUT2D eigenvalue weighted by molar-refractivity contribution is 8.14. The highest BCUT2D eigenvalue weighted by atomic mass is 32.2. The fourth-order valence-electron chi connectivity index (χ4n) is 3.60. The fourth-order valence-corrected chi connectivity index (χ4v) is 4.12. The van der Waals surface area contributed by atoms with Crippen LogP contribution in [0.25, 0.3) is 11.0 Å². The Labute approximate surface area is 220 Å². The molecule has 37 heavy (non-hydrogen) atoms. The normalized spacial score (nSPS) is 12.8. The third kappa shape index (κ3) is 7.27. The van der Waals surface area contributed by atoms with E-state index in [2.05, 4.69) is 31.4 Å². The summed E-state index contributed by atoms with van der Waals surface area (Å²) in [5, 5.41) is 5.25. The molecule has 0 spiro atoms. The van der Waals surface area contributed by atoms with Crippen molar-refractivity contribution in [2.24, 2.45) is 7.05 Å². The minimum atomic E-state index is -0.231. The number of aromatic nitrogens is 2. The maximum Gasteiger partial charge on any atom is 0.286 e. The largest absolute Gasteiger partial charge is 0.486 e. The van der Waals surface area contributed by atoms with E-state index in [1.54, 1.807) is 0 Å². The average Bonchev–Trinajstić information content (AvgIpc) is 3.41. The van der Waals surface area contributed by atoms with Gasteiger partial charge < -0.3 is 19.4 Å². The molecule has 1 aliphatic rings. The summed E-state index contributed by atoms with van der Waals surface area (Å²) in [6, 6.07) is 22.4. The van der Waals surface area contributed by atoms with E-state index in [0.29, 0.717) is 18.4 Å². The van der Waals surface area contributed by atoms with Crippen LogP contribution in [-0.2, 0) is 18.4 Å². The predicted octanol–water partition coefficient (Wildman–Crippen LogP) is 6.04. The Hall–Kier alpha value is -3.98. The molecule has 1 aliphatic heterocycles. The van der Waals surface area contributed by atoms with Gasteiger partial charge in [0.15, 0.2) is 0 Å². The van der Waals surface area contributed by atoms with E-state index in [1.165, 1.54) is 5.56 Å². The number of ether oxygens (including phenoxy) is 2. The van der Waals surface area contributed by atoms with E-state index in [0.717, 1.165) is 51.6 Å². The number of amides is 2. The summed E-state index contributed by atoms with van der Waals surface area (Å²) in [5.74, 6) is 3.39. The first-order valence-corrected chi connectivity index (χ1v) is 12.9. The Balaban J connectivity index is 0.000000396. The summed E-state index contributed by atoms with van der Waals surface area (Å²) < 4.78 is 14.0. The van der Waals surface area contributed by atoms with Gasteiger partial charge in [0.05, 0.1) is 16.8 Å². The van der Waals surface area contributed by atoms with Crippen LogP contribution in [0.2, 0.25) is 0 Å². The minimum Gasteiger partial charge on any atom is -0.486 e. The fraction of sp³-hybridized carbons (Fsp3) is 0.250. The van der Waals surface area contributed by atoms with E-state index in [4.69, 9.17) is 14.5 Å². The number of imidazole rings is 1. The van der Waals surface area contributed by atoms with E-state index >= 15 is 0 Å². The smallest absolute Gasteiger partial charge is 0.286 e. The van der Waals surface area contributed by atoms with Gasteiger partial charge in [0.1, 0.15) is 29.7 Å².